The van der Waals surface area contributed by atoms with Crippen LogP contribution in [0.1, 0.15) is 79.6 Å². The summed E-state index contributed by atoms with van der Waals surface area (Å²) in [6.07, 6.45) is 0.680. The van der Waals surface area contributed by atoms with E-state index in [1.165, 1.54) is 0 Å². The van der Waals surface area contributed by atoms with Crippen LogP contribution >= 0.6 is 0 Å². The molecule has 0 heterocycles. The third-order valence-electron chi connectivity index (χ3n) is 10.7. The van der Waals surface area contributed by atoms with E-state index in [1.54, 1.807) is 13.0 Å². The van der Waals surface area contributed by atoms with Crippen molar-refractivity contribution in [3.63, 3.8) is 0 Å². The maximum atomic E-state index is 13.3. The van der Waals surface area contributed by atoms with E-state index in [2.05, 4.69) is 0 Å². The van der Waals surface area contributed by atoms with E-state index < -0.39 is 52.4 Å². The van der Waals surface area contributed by atoms with Crippen LogP contribution in [0.5, 0.6) is 0 Å². The number of carbonyl (C=O) groups excluding carboxylic acids is 1. The molecule has 4 rings (SSSR count). The van der Waals surface area contributed by atoms with Crippen LogP contribution in [0, 0.1) is 34.5 Å². The maximum Gasteiger partial charge on any atom is 0.159 e. The van der Waals surface area contributed by atoms with Gasteiger partial charge in [0.1, 0.15) is 0 Å². The lowest BCUT2D eigenvalue weighted by molar-refractivity contribution is -0.179. The number of rotatable bonds is 5. The van der Waals surface area contributed by atoms with Crippen molar-refractivity contribution in [2.24, 2.45) is 34.5 Å². The number of carbonyl (C=O) groups is 1. The summed E-state index contributed by atoms with van der Waals surface area (Å²) < 4.78 is 0. The van der Waals surface area contributed by atoms with Crippen LogP contribution in [-0.4, -0.2) is 72.0 Å². The van der Waals surface area contributed by atoms with Crippen molar-refractivity contribution in [3.8, 4) is 0 Å². The number of hydrogen-bond acceptors (Lipinski definition) is 7. The van der Waals surface area contributed by atoms with Crippen LogP contribution in [0.25, 0.3) is 0 Å². The summed E-state index contributed by atoms with van der Waals surface area (Å²) in [4.78, 5) is 13.3. The molecule has 4 aliphatic carbocycles. The molecule has 7 heteroatoms. The van der Waals surface area contributed by atoms with E-state index in [4.69, 9.17) is 0 Å². The molecular formula is C27H44O7. The van der Waals surface area contributed by atoms with Gasteiger partial charge in [-0.2, -0.15) is 0 Å². The van der Waals surface area contributed by atoms with Crippen molar-refractivity contribution >= 4 is 5.78 Å². The molecule has 0 aromatic carbocycles. The molecule has 3 fully saturated rings. The number of aliphatic hydroxyl groups excluding tert-OH is 4. The number of aliphatic hydroxyl groups is 6. The highest BCUT2D eigenvalue weighted by molar-refractivity contribution is 5.95. The van der Waals surface area contributed by atoms with Crippen molar-refractivity contribution in [1.29, 1.82) is 0 Å². The van der Waals surface area contributed by atoms with Gasteiger partial charge >= 0.3 is 0 Å². The lowest BCUT2D eigenvalue weighted by atomic mass is 9.45. The Morgan fingerprint density at radius 2 is 1.74 bits per heavy atom. The molecule has 7 nitrogen and oxygen atoms in total. The lowest BCUT2D eigenvalue weighted by Crippen LogP contribution is -2.63. The van der Waals surface area contributed by atoms with Crippen LogP contribution in [0.4, 0.5) is 0 Å². The Morgan fingerprint density at radius 1 is 1.09 bits per heavy atom. The molecule has 0 bridgehead atoms. The molecule has 0 unspecified atom stereocenters. The predicted octanol–water partition coefficient (Wildman–Crippen LogP) is 1.71. The molecule has 6 N–H and O–H groups in total. The van der Waals surface area contributed by atoms with E-state index in [-0.39, 0.29) is 36.4 Å². The molecule has 0 radical (unpaired) electrons. The molecular weight excluding hydrogens is 436 g/mol. The van der Waals surface area contributed by atoms with Gasteiger partial charge in [0.15, 0.2) is 5.78 Å². The zero-order chi connectivity index (χ0) is 25.4. The van der Waals surface area contributed by atoms with Gasteiger partial charge in [-0.25, -0.2) is 0 Å². The van der Waals surface area contributed by atoms with Gasteiger partial charge in [0.2, 0.25) is 0 Å². The zero-order valence-electron chi connectivity index (χ0n) is 21.2. The monoisotopic (exact) mass is 480 g/mol. The van der Waals surface area contributed by atoms with Gasteiger partial charge in [-0.3, -0.25) is 4.79 Å². The molecule has 0 aliphatic heterocycles. The van der Waals surface area contributed by atoms with Crippen LogP contribution < -0.4 is 0 Å². The Labute approximate surface area is 202 Å². The molecule has 3 saturated carbocycles. The number of fused-ring (bicyclic) bond motifs is 5. The maximum absolute atomic E-state index is 13.3. The Bertz CT molecular complexity index is 852. The highest BCUT2D eigenvalue weighted by Crippen LogP contribution is 2.68. The normalized spacial score (nSPS) is 47.8. The molecule has 0 aromatic rings. The van der Waals surface area contributed by atoms with E-state index >= 15 is 0 Å². The first-order valence-electron chi connectivity index (χ1n) is 13.0. The lowest BCUT2D eigenvalue weighted by Gasteiger charge is -2.60. The highest BCUT2D eigenvalue weighted by atomic mass is 16.3. The van der Waals surface area contributed by atoms with E-state index in [0.29, 0.717) is 37.7 Å². The van der Waals surface area contributed by atoms with Gasteiger partial charge in [0, 0.05) is 17.8 Å². The molecule has 194 valence electrons. The summed E-state index contributed by atoms with van der Waals surface area (Å²) in [5.41, 5.74) is -3.41. The van der Waals surface area contributed by atoms with Crippen LogP contribution in [0.2, 0.25) is 0 Å². The SMILES string of the molecule is CC(C)[C@@H](O)C[C@@H](O)[C@](C)(O)[C@H]1CC[C@@]2(O)C3=CC(=O)[C@@H]4C[C@@H](O)[C@@H](O)C[C@]4(C)[C@H]3CC[C@]12C. The summed E-state index contributed by atoms with van der Waals surface area (Å²) in [6, 6.07) is 0. The fraction of sp³-hybridized carbons (Fsp3) is 0.889. The fourth-order valence-corrected chi connectivity index (χ4v) is 8.28. The summed E-state index contributed by atoms with van der Waals surface area (Å²) in [7, 11) is 0. The van der Waals surface area contributed by atoms with E-state index in [1.807, 2.05) is 27.7 Å². The quantitative estimate of drug-likeness (QED) is 0.352. The first kappa shape index (κ1) is 26.2. The Balaban J connectivity index is 1.68. The summed E-state index contributed by atoms with van der Waals surface area (Å²) in [6.45, 7) is 9.30. The van der Waals surface area contributed by atoms with Gasteiger partial charge < -0.3 is 30.6 Å². The number of allylic oxidation sites excluding steroid dienone is 1. The minimum Gasteiger partial charge on any atom is -0.393 e. The number of ketones is 1. The molecule has 0 amide bonds. The highest BCUT2D eigenvalue weighted by Gasteiger charge is 2.69. The molecule has 0 spiro atoms. The van der Waals surface area contributed by atoms with Crippen molar-refractivity contribution in [1.82, 2.24) is 0 Å². The average molecular weight is 481 g/mol. The molecule has 34 heavy (non-hydrogen) atoms. The second-order valence-electron chi connectivity index (χ2n) is 12.9. The first-order chi connectivity index (χ1) is 15.6. The van der Waals surface area contributed by atoms with Gasteiger partial charge in [-0.15, -0.1) is 0 Å². The van der Waals surface area contributed by atoms with Crippen LogP contribution in [-0.2, 0) is 4.79 Å². The third-order valence-corrected chi connectivity index (χ3v) is 10.7. The molecule has 0 aromatic heterocycles. The van der Waals surface area contributed by atoms with Gasteiger partial charge in [-0.1, -0.05) is 27.7 Å². The van der Waals surface area contributed by atoms with E-state index in [9.17, 15) is 35.4 Å². The second-order valence-corrected chi connectivity index (χ2v) is 12.9. The van der Waals surface area contributed by atoms with Crippen LogP contribution in [0.3, 0.4) is 0 Å². The smallest absolute Gasteiger partial charge is 0.159 e. The molecule has 11 atom stereocenters. The Kier molecular flexibility index (Phi) is 6.45. The molecule has 4 aliphatic rings. The largest absolute Gasteiger partial charge is 0.393 e. The van der Waals surface area contributed by atoms with Crippen molar-refractivity contribution < 1.29 is 35.4 Å². The Hall–Kier alpha value is -0.830. The summed E-state index contributed by atoms with van der Waals surface area (Å²) in [5.74, 6) is -1.04. The average Bonchev–Trinajstić information content (AvgIpc) is 3.02. The predicted molar refractivity (Wildman–Crippen MR) is 127 cm³/mol. The van der Waals surface area contributed by atoms with Crippen molar-refractivity contribution in [2.45, 2.75) is 115 Å². The number of hydrogen-bond donors (Lipinski definition) is 6. The fourth-order valence-electron chi connectivity index (χ4n) is 8.28. The first-order valence-corrected chi connectivity index (χ1v) is 13.0. The summed E-state index contributed by atoms with van der Waals surface area (Å²) in [5, 5.41) is 65.7. The minimum atomic E-state index is -1.52. The standard InChI is InChI=1S/C27H44O7/c1-14(2)18(28)12-23(32)26(5,33)22-7-9-27(34)16-10-19(29)17-11-20(30)21(31)13-24(17,3)15(16)6-8-25(22,27)4/h10,14-15,17-18,20-23,28,30-34H,6-9,11-13H2,1-5H3/t15-,17-,18-,20+,21-,22-,23+,24+,25+,26+,27+/m0/s1. The Morgan fingerprint density at radius 3 is 2.35 bits per heavy atom. The van der Waals surface area contributed by atoms with Crippen LogP contribution in [0.15, 0.2) is 11.6 Å². The van der Waals surface area contributed by atoms with E-state index in [0.717, 1.165) is 0 Å². The van der Waals surface area contributed by atoms with Gasteiger partial charge in [0.05, 0.1) is 35.6 Å². The second kappa shape index (κ2) is 8.35. The third kappa shape index (κ3) is 3.57. The summed E-state index contributed by atoms with van der Waals surface area (Å²) >= 11 is 0. The topological polar surface area (TPSA) is 138 Å². The minimum absolute atomic E-state index is 0.0477. The van der Waals surface area contributed by atoms with Gasteiger partial charge in [-0.05, 0) is 80.3 Å². The van der Waals surface area contributed by atoms with Crippen molar-refractivity contribution in [3.05, 3.63) is 11.6 Å². The zero-order valence-corrected chi connectivity index (χ0v) is 21.2. The molecule has 0 saturated heterocycles. The van der Waals surface area contributed by atoms with Gasteiger partial charge in [0.25, 0.3) is 0 Å². The van der Waals surface area contributed by atoms with Crippen molar-refractivity contribution in [2.75, 3.05) is 0 Å².